The molecule has 3 N–H and O–H groups in total. The Morgan fingerprint density at radius 3 is 3.09 bits per heavy atom. The van der Waals surface area contributed by atoms with Crippen molar-refractivity contribution in [2.24, 2.45) is 5.73 Å². The first kappa shape index (κ1) is 14.7. The summed E-state index contributed by atoms with van der Waals surface area (Å²) >= 11 is 0. The number of nitrogens with zero attached hydrogens (tertiary/aromatic N) is 3. The minimum absolute atomic E-state index is 0.295. The predicted molar refractivity (Wildman–Crippen MR) is 78.5 cm³/mol. The van der Waals surface area contributed by atoms with Crippen LogP contribution in [-0.4, -0.2) is 44.7 Å². The highest BCUT2D eigenvalue weighted by Gasteiger charge is 2.35. The van der Waals surface area contributed by atoms with Crippen LogP contribution in [0.25, 0.3) is 11.4 Å². The molecule has 2 atom stereocenters. The molecule has 1 aromatic heterocycles. The molecule has 22 heavy (non-hydrogen) atoms. The monoisotopic (exact) mass is 302 g/mol. The number of aromatic nitrogens is 2. The molecule has 2 unspecified atom stereocenters. The lowest BCUT2D eigenvalue weighted by molar-refractivity contribution is -0.122. The third kappa shape index (κ3) is 3.00. The van der Waals surface area contributed by atoms with Gasteiger partial charge in [0.2, 0.25) is 17.6 Å². The van der Waals surface area contributed by atoms with Crippen LogP contribution in [0.5, 0.6) is 0 Å². The first-order valence-electron chi connectivity index (χ1n) is 7.14. The van der Waals surface area contributed by atoms with Crippen molar-refractivity contribution in [3.63, 3.8) is 0 Å². The van der Waals surface area contributed by atoms with E-state index in [4.69, 9.17) is 10.3 Å². The summed E-state index contributed by atoms with van der Waals surface area (Å²) in [5, 5.41) is 13.7. The van der Waals surface area contributed by atoms with Crippen molar-refractivity contribution in [3.8, 4) is 11.4 Å². The molecule has 0 aliphatic carbocycles. The van der Waals surface area contributed by atoms with Gasteiger partial charge in [0, 0.05) is 12.1 Å². The average Bonchev–Trinajstić information content (AvgIpc) is 3.06. The molecule has 0 radical (unpaired) electrons. The highest BCUT2D eigenvalue weighted by molar-refractivity contribution is 5.80. The number of benzene rings is 1. The third-order valence-corrected chi connectivity index (χ3v) is 3.79. The number of hydrogen-bond acceptors (Lipinski definition) is 6. The molecule has 0 bridgehead atoms. The molecule has 3 rings (SSSR count). The van der Waals surface area contributed by atoms with Gasteiger partial charge in [-0.15, -0.1) is 0 Å². The van der Waals surface area contributed by atoms with E-state index < -0.39 is 18.1 Å². The molecule has 0 spiro atoms. The largest absolute Gasteiger partial charge is 0.392 e. The molecule has 1 aliphatic rings. The Balaban J connectivity index is 1.76. The van der Waals surface area contributed by atoms with Crippen molar-refractivity contribution < 1.29 is 14.4 Å². The van der Waals surface area contributed by atoms with Crippen LogP contribution in [0.4, 0.5) is 0 Å². The first-order valence-corrected chi connectivity index (χ1v) is 7.14. The highest BCUT2D eigenvalue weighted by Crippen LogP contribution is 2.22. The lowest BCUT2D eigenvalue weighted by Crippen LogP contribution is -2.39. The van der Waals surface area contributed by atoms with E-state index >= 15 is 0 Å². The number of likely N-dealkylation sites (tertiary alicyclic amines) is 1. The maximum absolute atomic E-state index is 11.4. The molecule has 7 nitrogen and oxygen atoms in total. The maximum atomic E-state index is 11.4. The molecule has 116 valence electrons. The summed E-state index contributed by atoms with van der Waals surface area (Å²) in [5.41, 5.74) is 7.35. The van der Waals surface area contributed by atoms with Crippen LogP contribution in [0.2, 0.25) is 0 Å². The molecule has 1 aliphatic heterocycles. The molecule has 1 amide bonds. The van der Waals surface area contributed by atoms with Gasteiger partial charge in [-0.25, -0.2) is 0 Å². The van der Waals surface area contributed by atoms with E-state index in [1.165, 1.54) is 0 Å². The lowest BCUT2D eigenvalue weighted by Gasteiger charge is -2.18. The maximum Gasteiger partial charge on any atom is 0.241 e. The summed E-state index contributed by atoms with van der Waals surface area (Å²) in [6, 6.07) is 7.31. The Hall–Kier alpha value is -2.25. The zero-order valence-electron chi connectivity index (χ0n) is 12.3. The SMILES string of the molecule is Cc1cccc(-c2noc(CN3CC(O)CC3C(N)=O)n2)c1. The lowest BCUT2D eigenvalue weighted by atomic mass is 10.1. The van der Waals surface area contributed by atoms with E-state index in [0.717, 1.165) is 11.1 Å². The van der Waals surface area contributed by atoms with Gasteiger partial charge in [0.1, 0.15) is 0 Å². The Labute approximate surface area is 127 Å². The van der Waals surface area contributed by atoms with Crippen LogP contribution >= 0.6 is 0 Å². The zero-order valence-corrected chi connectivity index (χ0v) is 12.3. The smallest absolute Gasteiger partial charge is 0.241 e. The fourth-order valence-corrected chi connectivity index (χ4v) is 2.74. The second-order valence-corrected chi connectivity index (χ2v) is 5.62. The Bertz CT molecular complexity index is 685. The van der Waals surface area contributed by atoms with Gasteiger partial charge in [-0.1, -0.05) is 28.9 Å². The van der Waals surface area contributed by atoms with Crippen molar-refractivity contribution in [2.45, 2.75) is 32.0 Å². The summed E-state index contributed by atoms with van der Waals surface area (Å²) in [5.74, 6) is 0.459. The number of nitrogens with two attached hydrogens (primary N) is 1. The number of aryl methyl sites for hydroxylation is 1. The minimum Gasteiger partial charge on any atom is -0.392 e. The summed E-state index contributed by atoms with van der Waals surface area (Å²) in [6.07, 6.45) is -0.217. The number of carbonyl (C=O) groups excluding carboxylic acids is 1. The van der Waals surface area contributed by atoms with E-state index in [9.17, 15) is 9.90 Å². The fourth-order valence-electron chi connectivity index (χ4n) is 2.74. The van der Waals surface area contributed by atoms with E-state index in [-0.39, 0.29) is 0 Å². The van der Waals surface area contributed by atoms with Gasteiger partial charge in [-0.05, 0) is 19.4 Å². The number of aliphatic hydroxyl groups is 1. The van der Waals surface area contributed by atoms with Crippen LogP contribution in [0, 0.1) is 6.92 Å². The van der Waals surface area contributed by atoms with Gasteiger partial charge in [-0.2, -0.15) is 4.98 Å². The molecule has 7 heteroatoms. The molecule has 1 aromatic carbocycles. The molecule has 0 saturated carbocycles. The van der Waals surface area contributed by atoms with Crippen molar-refractivity contribution in [3.05, 3.63) is 35.7 Å². The van der Waals surface area contributed by atoms with Gasteiger partial charge in [0.25, 0.3) is 0 Å². The van der Waals surface area contributed by atoms with Crippen LogP contribution in [-0.2, 0) is 11.3 Å². The number of β-amino-alcohol motifs (C(OH)–C–C–N with tert-alkyl or cyclic N) is 1. The summed E-state index contributed by atoms with van der Waals surface area (Å²) in [6.45, 7) is 2.66. The van der Waals surface area contributed by atoms with Gasteiger partial charge in [0.15, 0.2) is 0 Å². The van der Waals surface area contributed by atoms with Crippen LogP contribution in [0.15, 0.2) is 28.8 Å². The number of carbonyl (C=O) groups is 1. The number of hydrogen-bond donors (Lipinski definition) is 2. The van der Waals surface area contributed by atoms with E-state index in [1.54, 1.807) is 4.90 Å². The Morgan fingerprint density at radius 2 is 2.36 bits per heavy atom. The summed E-state index contributed by atoms with van der Waals surface area (Å²) < 4.78 is 5.25. The standard InChI is InChI=1S/C15H18N4O3/c1-9-3-2-4-10(5-9)15-17-13(22-18-15)8-19-7-11(20)6-12(19)14(16)21/h2-5,11-12,20H,6-8H2,1H3,(H2,16,21). The highest BCUT2D eigenvalue weighted by atomic mass is 16.5. The average molecular weight is 302 g/mol. The van der Waals surface area contributed by atoms with Gasteiger partial charge >= 0.3 is 0 Å². The molecule has 1 fully saturated rings. The number of rotatable bonds is 4. The third-order valence-electron chi connectivity index (χ3n) is 3.79. The quantitative estimate of drug-likeness (QED) is 0.850. The molecule has 1 saturated heterocycles. The van der Waals surface area contributed by atoms with Crippen LogP contribution in [0.1, 0.15) is 17.9 Å². The fraction of sp³-hybridized carbons (Fsp3) is 0.400. The van der Waals surface area contributed by atoms with E-state index in [2.05, 4.69) is 10.1 Å². The molecular weight excluding hydrogens is 284 g/mol. The Kier molecular flexibility index (Phi) is 3.91. The molecule has 2 aromatic rings. The second-order valence-electron chi connectivity index (χ2n) is 5.62. The zero-order chi connectivity index (χ0) is 15.7. The first-order chi connectivity index (χ1) is 10.5. The van der Waals surface area contributed by atoms with E-state index in [1.807, 2.05) is 31.2 Å². The second kappa shape index (κ2) is 5.86. The van der Waals surface area contributed by atoms with Crippen molar-refractivity contribution in [1.29, 1.82) is 0 Å². The molecule has 2 heterocycles. The van der Waals surface area contributed by atoms with E-state index in [0.29, 0.717) is 31.2 Å². The number of amides is 1. The predicted octanol–water partition coefficient (Wildman–Crippen LogP) is 0.466. The number of primary amides is 1. The summed E-state index contributed by atoms with van der Waals surface area (Å²) in [4.78, 5) is 17.5. The van der Waals surface area contributed by atoms with Crippen LogP contribution in [0.3, 0.4) is 0 Å². The van der Waals surface area contributed by atoms with Crippen molar-refractivity contribution in [1.82, 2.24) is 15.0 Å². The van der Waals surface area contributed by atoms with Crippen molar-refractivity contribution in [2.75, 3.05) is 6.54 Å². The van der Waals surface area contributed by atoms with Crippen LogP contribution < -0.4 is 5.73 Å². The van der Waals surface area contributed by atoms with Crippen molar-refractivity contribution >= 4 is 5.91 Å². The van der Waals surface area contributed by atoms with Gasteiger partial charge < -0.3 is 15.4 Å². The normalized spacial score (nSPS) is 22.1. The summed E-state index contributed by atoms with van der Waals surface area (Å²) in [7, 11) is 0. The number of aliphatic hydroxyl groups excluding tert-OH is 1. The minimum atomic E-state index is -0.559. The molecular formula is C15H18N4O3. The van der Waals surface area contributed by atoms with Gasteiger partial charge in [0.05, 0.1) is 18.7 Å². The van der Waals surface area contributed by atoms with Gasteiger partial charge in [-0.3, -0.25) is 9.69 Å². The topological polar surface area (TPSA) is 105 Å². The Morgan fingerprint density at radius 1 is 1.55 bits per heavy atom.